The molecule has 1 rings (SSSR count). The first-order chi connectivity index (χ1) is 6.72. The van der Waals surface area contributed by atoms with Crippen molar-refractivity contribution in [3.05, 3.63) is 30.3 Å². The van der Waals surface area contributed by atoms with E-state index in [0.717, 1.165) is 6.29 Å². The van der Waals surface area contributed by atoms with Crippen molar-refractivity contribution in [2.24, 2.45) is 0 Å². The monoisotopic (exact) mass is 196 g/mol. The summed E-state index contributed by atoms with van der Waals surface area (Å²) in [6.45, 7) is 5.44. The van der Waals surface area contributed by atoms with Crippen LogP contribution in [0.4, 0.5) is 0 Å². The lowest BCUT2D eigenvalue weighted by Gasteiger charge is -1.94. The fraction of sp³-hybridized carbons (Fsp3) is 0.300. The molecule has 78 valence electrons. The van der Waals surface area contributed by atoms with Crippen molar-refractivity contribution in [1.82, 2.24) is 0 Å². The van der Waals surface area contributed by atoms with Gasteiger partial charge in [0.15, 0.2) is 0 Å². The fourth-order valence-electron chi connectivity index (χ4n) is 0.625. The van der Waals surface area contributed by atoms with Crippen LogP contribution in [0.2, 0.25) is 0 Å². The fourth-order valence-corrected chi connectivity index (χ4v) is 0.625. The Balaban J connectivity index is 0. The van der Waals surface area contributed by atoms with Gasteiger partial charge in [-0.05, 0) is 12.4 Å². The van der Waals surface area contributed by atoms with E-state index in [4.69, 9.17) is 14.8 Å². The van der Waals surface area contributed by atoms with E-state index < -0.39 is 7.12 Å². The molecule has 0 spiro atoms. The summed E-state index contributed by atoms with van der Waals surface area (Å²) in [5.41, 5.74) is 0.525. The Morgan fingerprint density at radius 1 is 1.14 bits per heavy atom. The zero-order chi connectivity index (χ0) is 11.4. The number of hydrogen-bond donors (Lipinski definition) is 2. The van der Waals surface area contributed by atoms with Gasteiger partial charge in [0.25, 0.3) is 0 Å². The summed E-state index contributed by atoms with van der Waals surface area (Å²) >= 11 is 0. The van der Waals surface area contributed by atoms with Crippen molar-refractivity contribution < 1.29 is 14.8 Å². The van der Waals surface area contributed by atoms with E-state index in [1.165, 1.54) is 6.92 Å². The predicted molar refractivity (Wildman–Crippen MR) is 59.4 cm³/mol. The molecule has 0 aliphatic heterocycles. The molecule has 1 aromatic rings. The van der Waals surface area contributed by atoms with Gasteiger partial charge in [0.2, 0.25) is 0 Å². The Morgan fingerprint density at radius 3 is 1.71 bits per heavy atom. The maximum atomic E-state index is 8.81. The molecule has 1 aromatic carbocycles. The molecule has 0 saturated carbocycles. The summed E-state index contributed by atoms with van der Waals surface area (Å²) < 4.78 is 0. The highest BCUT2D eigenvalue weighted by molar-refractivity contribution is 6.58. The van der Waals surface area contributed by atoms with Gasteiger partial charge in [0, 0.05) is 0 Å². The first-order valence-corrected chi connectivity index (χ1v) is 4.53. The maximum Gasteiger partial charge on any atom is 0.488 e. The SMILES string of the molecule is CC.CC=O.OB(O)c1ccccc1. The van der Waals surface area contributed by atoms with Crippen LogP contribution >= 0.6 is 0 Å². The molecule has 3 nitrogen and oxygen atoms in total. The molecule has 0 atom stereocenters. The quantitative estimate of drug-likeness (QED) is 0.510. The summed E-state index contributed by atoms with van der Waals surface area (Å²) in [6.07, 6.45) is 0.750. The highest BCUT2D eigenvalue weighted by Crippen LogP contribution is 1.82. The van der Waals surface area contributed by atoms with E-state index in [1.807, 2.05) is 19.9 Å². The van der Waals surface area contributed by atoms with Crippen LogP contribution in [0.15, 0.2) is 30.3 Å². The normalized spacial score (nSPS) is 7.21. The van der Waals surface area contributed by atoms with Crippen LogP contribution in [0.5, 0.6) is 0 Å². The molecular formula is C10H17BO3. The number of hydrogen-bond acceptors (Lipinski definition) is 3. The molecule has 0 radical (unpaired) electrons. The predicted octanol–water partition coefficient (Wildman–Crippen LogP) is 0.598. The lowest BCUT2D eigenvalue weighted by molar-refractivity contribution is -0.106. The molecule has 0 aliphatic carbocycles. The average molecular weight is 196 g/mol. The second-order valence-corrected chi connectivity index (χ2v) is 2.02. The summed E-state index contributed by atoms with van der Waals surface area (Å²) in [4.78, 5) is 8.81. The Hall–Kier alpha value is -1.13. The summed E-state index contributed by atoms with van der Waals surface area (Å²) in [5, 5.41) is 17.2. The average Bonchev–Trinajstić information content (AvgIpc) is 2.23. The van der Waals surface area contributed by atoms with Gasteiger partial charge in [-0.25, -0.2) is 0 Å². The van der Waals surface area contributed by atoms with Gasteiger partial charge in [0.05, 0.1) is 0 Å². The second kappa shape index (κ2) is 11.9. The van der Waals surface area contributed by atoms with E-state index in [0.29, 0.717) is 5.46 Å². The summed E-state index contributed by atoms with van der Waals surface area (Å²) in [7, 11) is -1.34. The van der Waals surface area contributed by atoms with Crippen molar-refractivity contribution in [1.29, 1.82) is 0 Å². The molecule has 0 saturated heterocycles. The molecule has 0 aliphatic rings. The number of aldehydes is 1. The lowest BCUT2D eigenvalue weighted by Crippen LogP contribution is -2.29. The van der Waals surface area contributed by atoms with Crippen molar-refractivity contribution in [3.63, 3.8) is 0 Å². The Bertz CT molecular complexity index is 212. The van der Waals surface area contributed by atoms with Gasteiger partial charge in [-0.1, -0.05) is 44.2 Å². The molecule has 0 amide bonds. The Morgan fingerprint density at radius 2 is 1.50 bits per heavy atom. The maximum absolute atomic E-state index is 8.81. The molecule has 0 aromatic heterocycles. The summed E-state index contributed by atoms with van der Waals surface area (Å²) in [6, 6.07) is 8.66. The van der Waals surface area contributed by atoms with E-state index in [-0.39, 0.29) is 0 Å². The first-order valence-electron chi connectivity index (χ1n) is 4.53. The minimum Gasteiger partial charge on any atom is -0.423 e. The summed E-state index contributed by atoms with van der Waals surface area (Å²) in [5.74, 6) is 0. The molecule has 14 heavy (non-hydrogen) atoms. The zero-order valence-corrected chi connectivity index (χ0v) is 8.84. The van der Waals surface area contributed by atoms with Crippen molar-refractivity contribution in [3.8, 4) is 0 Å². The molecule has 0 fully saturated rings. The number of carbonyl (C=O) groups excluding carboxylic acids is 1. The van der Waals surface area contributed by atoms with E-state index in [9.17, 15) is 0 Å². The smallest absolute Gasteiger partial charge is 0.423 e. The van der Waals surface area contributed by atoms with Gasteiger partial charge in [-0.3, -0.25) is 0 Å². The van der Waals surface area contributed by atoms with Crippen LogP contribution in [0.25, 0.3) is 0 Å². The van der Waals surface area contributed by atoms with E-state index >= 15 is 0 Å². The van der Waals surface area contributed by atoms with Crippen LogP contribution in [0.3, 0.4) is 0 Å². The Labute approximate surface area is 85.5 Å². The van der Waals surface area contributed by atoms with Crippen LogP contribution in [0, 0.1) is 0 Å². The van der Waals surface area contributed by atoms with Crippen LogP contribution < -0.4 is 5.46 Å². The highest BCUT2D eigenvalue weighted by Gasteiger charge is 2.07. The van der Waals surface area contributed by atoms with Gasteiger partial charge in [0.1, 0.15) is 6.29 Å². The molecule has 4 heteroatoms. The molecule has 0 unspecified atom stereocenters. The molecular weight excluding hydrogens is 179 g/mol. The third kappa shape index (κ3) is 8.97. The number of rotatable bonds is 1. The van der Waals surface area contributed by atoms with Crippen LogP contribution in [-0.4, -0.2) is 23.5 Å². The van der Waals surface area contributed by atoms with Crippen molar-refractivity contribution >= 4 is 18.9 Å². The topological polar surface area (TPSA) is 57.5 Å². The van der Waals surface area contributed by atoms with Crippen LogP contribution in [0.1, 0.15) is 20.8 Å². The van der Waals surface area contributed by atoms with E-state index in [2.05, 4.69) is 0 Å². The Kier molecular flexibility index (Phi) is 13.0. The minimum atomic E-state index is -1.34. The van der Waals surface area contributed by atoms with Gasteiger partial charge >= 0.3 is 7.12 Å². The third-order valence-corrected chi connectivity index (χ3v) is 1.10. The van der Waals surface area contributed by atoms with Crippen molar-refractivity contribution in [2.75, 3.05) is 0 Å². The zero-order valence-electron chi connectivity index (χ0n) is 8.84. The molecule has 2 N–H and O–H groups in total. The van der Waals surface area contributed by atoms with Crippen LogP contribution in [-0.2, 0) is 4.79 Å². The minimum absolute atomic E-state index is 0.525. The third-order valence-electron chi connectivity index (χ3n) is 1.10. The van der Waals surface area contributed by atoms with Gasteiger partial charge in [-0.2, -0.15) is 0 Å². The number of benzene rings is 1. The lowest BCUT2D eigenvalue weighted by atomic mass is 9.81. The highest BCUT2D eigenvalue weighted by atomic mass is 16.4. The largest absolute Gasteiger partial charge is 0.488 e. The van der Waals surface area contributed by atoms with E-state index in [1.54, 1.807) is 24.3 Å². The number of carbonyl (C=O) groups is 1. The standard InChI is InChI=1S/C6H7BO2.C2H4O.C2H6/c8-7(9)6-4-2-1-3-5-6;1-2-3;1-2/h1-5,8-9H;2H,1H3;1-2H3. The molecule has 0 heterocycles. The molecule has 0 bridgehead atoms. The second-order valence-electron chi connectivity index (χ2n) is 2.02. The van der Waals surface area contributed by atoms with Crippen molar-refractivity contribution in [2.45, 2.75) is 20.8 Å². The van der Waals surface area contributed by atoms with Gasteiger partial charge < -0.3 is 14.8 Å². The van der Waals surface area contributed by atoms with Gasteiger partial charge in [-0.15, -0.1) is 0 Å². The first kappa shape index (κ1) is 15.4.